The van der Waals surface area contributed by atoms with Crippen molar-refractivity contribution in [2.24, 2.45) is 0 Å². The maximum Gasteiger partial charge on any atom is 0.123 e. The first-order valence-corrected chi connectivity index (χ1v) is 11.5. The fourth-order valence-electron chi connectivity index (χ4n) is 4.12. The molecular weight excluding hydrogens is 400 g/mol. The first-order valence-electron chi connectivity index (χ1n) is 11.5. The van der Waals surface area contributed by atoms with E-state index in [-0.39, 0.29) is 6.61 Å². The van der Waals surface area contributed by atoms with Crippen LogP contribution in [0.4, 0.5) is 0 Å². The van der Waals surface area contributed by atoms with E-state index in [1.807, 2.05) is 6.07 Å². The maximum atomic E-state index is 9.66. The molecule has 32 heavy (non-hydrogen) atoms. The van der Waals surface area contributed by atoms with Gasteiger partial charge in [-0.1, -0.05) is 42.5 Å². The summed E-state index contributed by atoms with van der Waals surface area (Å²) in [5.74, 6) is 1.74. The van der Waals surface area contributed by atoms with E-state index in [1.54, 1.807) is 6.92 Å². The van der Waals surface area contributed by atoms with Gasteiger partial charge in [-0.15, -0.1) is 0 Å². The number of hydrogen-bond acceptors (Lipinski definition) is 5. The second kappa shape index (κ2) is 10.8. The normalized spacial score (nSPS) is 16.2. The smallest absolute Gasteiger partial charge is 0.123 e. The van der Waals surface area contributed by atoms with Crippen molar-refractivity contribution in [2.75, 3.05) is 53.0 Å². The van der Waals surface area contributed by atoms with E-state index in [2.05, 4.69) is 71.4 Å². The zero-order valence-corrected chi connectivity index (χ0v) is 19.2. The molecule has 3 aromatic rings. The predicted octanol–water partition coefficient (Wildman–Crippen LogP) is 3.82. The summed E-state index contributed by atoms with van der Waals surface area (Å²) in [6.07, 6.45) is 0.259. The van der Waals surface area contributed by atoms with Gasteiger partial charge in [-0.2, -0.15) is 0 Å². The van der Waals surface area contributed by atoms with Gasteiger partial charge in [-0.05, 0) is 48.5 Å². The summed E-state index contributed by atoms with van der Waals surface area (Å²) < 4.78 is 11.9. The molecule has 170 valence electrons. The molecule has 0 saturated carbocycles. The Bertz CT molecular complexity index is 995. The van der Waals surface area contributed by atoms with Crippen LogP contribution in [0, 0.1) is 0 Å². The highest BCUT2D eigenvalue weighted by Gasteiger charge is 2.14. The average molecular weight is 435 g/mol. The van der Waals surface area contributed by atoms with Crippen LogP contribution in [0.5, 0.6) is 11.5 Å². The summed E-state index contributed by atoms with van der Waals surface area (Å²) >= 11 is 0. The number of benzene rings is 3. The lowest BCUT2D eigenvalue weighted by Gasteiger charge is -2.32. The summed E-state index contributed by atoms with van der Waals surface area (Å²) in [4.78, 5) is 4.83. The lowest BCUT2D eigenvalue weighted by Crippen LogP contribution is -2.45. The molecule has 3 aromatic carbocycles. The van der Waals surface area contributed by atoms with Gasteiger partial charge in [0, 0.05) is 44.7 Å². The lowest BCUT2D eigenvalue weighted by atomic mass is 9.97. The zero-order valence-electron chi connectivity index (χ0n) is 19.2. The summed E-state index contributed by atoms with van der Waals surface area (Å²) in [6.45, 7) is 8.19. The van der Waals surface area contributed by atoms with Gasteiger partial charge >= 0.3 is 0 Å². The van der Waals surface area contributed by atoms with Crippen LogP contribution in [0.2, 0.25) is 0 Å². The Kier molecular flexibility index (Phi) is 7.63. The van der Waals surface area contributed by atoms with E-state index >= 15 is 0 Å². The Labute approximate surface area is 191 Å². The van der Waals surface area contributed by atoms with Crippen LogP contribution in [0.15, 0.2) is 60.7 Å². The van der Waals surface area contributed by atoms with E-state index in [0.717, 1.165) is 56.2 Å². The number of piperazine rings is 1. The van der Waals surface area contributed by atoms with Gasteiger partial charge in [-0.3, -0.25) is 4.90 Å². The van der Waals surface area contributed by atoms with Gasteiger partial charge in [0.15, 0.2) is 0 Å². The van der Waals surface area contributed by atoms with Crippen LogP contribution in [0.25, 0.3) is 10.8 Å². The van der Waals surface area contributed by atoms with Crippen LogP contribution >= 0.6 is 0 Å². The number of rotatable bonds is 9. The summed E-state index contributed by atoms with van der Waals surface area (Å²) in [6, 6.07) is 20.8. The molecule has 1 fully saturated rings. The number of fused-ring (bicyclic) bond motifs is 1. The van der Waals surface area contributed by atoms with Crippen molar-refractivity contribution < 1.29 is 14.6 Å². The van der Waals surface area contributed by atoms with E-state index in [1.165, 1.54) is 16.3 Å². The number of nitrogens with zero attached hydrogens (tertiary/aromatic N) is 2. The molecule has 1 N–H and O–H groups in total. The summed E-state index contributed by atoms with van der Waals surface area (Å²) in [7, 11) is 2.18. The second-order valence-corrected chi connectivity index (χ2v) is 8.74. The van der Waals surface area contributed by atoms with Crippen LogP contribution in [0.1, 0.15) is 18.1 Å². The molecule has 1 atom stereocenters. The third-order valence-corrected chi connectivity index (χ3v) is 6.05. The molecule has 1 saturated heterocycles. The Balaban J connectivity index is 1.41. The van der Waals surface area contributed by atoms with Gasteiger partial charge in [0.25, 0.3) is 0 Å². The van der Waals surface area contributed by atoms with Crippen molar-refractivity contribution in [1.82, 2.24) is 9.80 Å². The van der Waals surface area contributed by atoms with Gasteiger partial charge in [0.05, 0.1) is 6.10 Å². The molecule has 0 aromatic heterocycles. The molecule has 1 aliphatic heterocycles. The molecule has 4 rings (SSSR count). The molecule has 1 aliphatic rings. The van der Waals surface area contributed by atoms with Crippen LogP contribution in [-0.2, 0) is 6.42 Å². The quantitative estimate of drug-likeness (QED) is 0.555. The van der Waals surface area contributed by atoms with Crippen molar-refractivity contribution in [3.63, 3.8) is 0 Å². The van der Waals surface area contributed by atoms with Crippen molar-refractivity contribution in [1.29, 1.82) is 0 Å². The Hall–Kier alpha value is -2.60. The molecule has 0 bridgehead atoms. The number of aliphatic hydroxyl groups is 1. The Morgan fingerprint density at radius 2 is 1.66 bits per heavy atom. The number of ether oxygens (including phenoxy) is 2. The minimum Gasteiger partial charge on any atom is -0.492 e. The number of hydrogen-bond donors (Lipinski definition) is 1. The summed E-state index contributed by atoms with van der Waals surface area (Å²) in [5.41, 5.74) is 2.35. The monoisotopic (exact) mass is 434 g/mol. The molecule has 0 spiro atoms. The Morgan fingerprint density at radius 3 is 2.41 bits per heavy atom. The minimum atomic E-state index is -0.503. The van der Waals surface area contributed by atoms with Crippen molar-refractivity contribution in [3.8, 4) is 11.5 Å². The maximum absolute atomic E-state index is 9.66. The standard InChI is InChI=1S/C27H34N2O3/c1-21(30)20-32-27-12-9-23-5-3-4-6-25(23)26(27)19-22-7-10-24(11-8-22)31-18-17-29-15-13-28(2)14-16-29/h3-12,21,30H,13-20H2,1-2H3. The molecule has 1 unspecified atom stereocenters. The van der Waals surface area contributed by atoms with Gasteiger partial charge in [0.2, 0.25) is 0 Å². The van der Waals surface area contributed by atoms with Crippen molar-refractivity contribution in [3.05, 3.63) is 71.8 Å². The van der Waals surface area contributed by atoms with E-state index in [0.29, 0.717) is 6.61 Å². The molecule has 1 heterocycles. The highest BCUT2D eigenvalue weighted by molar-refractivity contribution is 5.88. The first kappa shape index (κ1) is 22.6. The SMILES string of the molecule is CC(O)COc1ccc2ccccc2c1Cc1ccc(OCCN2CCN(C)CC2)cc1. The third kappa shape index (κ3) is 6.00. The van der Waals surface area contributed by atoms with Gasteiger partial charge in [0.1, 0.15) is 24.7 Å². The summed E-state index contributed by atoms with van der Waals surface area (Å²) in [5, 5.41) is 12.0. The molecule has 5 heteroatoms. The van der Waals surface area contributed by atoms with Crippen LogP contribution in [-0.4, -0.2) is 74.0 Å². The average Bonchev–Trinajstić information content (AvgIpc) is 2.81. The fourth-order valence-corrected chi connectivity index (χ4v) is 4.12. The molecule has 0 aliphatic carbocycles. The Morgan fingerprint density at radius 1 is 0.906 bits per heavy atom. The van der Waals surface area contributed by atoms with E-state index in [4.69, 9.17) is 9.47 Å². The highest BCUT2D eigenvalue weighted by Crippen LogP contribution is 2.31. The van der Waals surface area contributed by atoms with Gasteiger partial charge < -0.3 is 19.5 Å². The second-order valence-electron chi connectivity index (χ2n) is 8.74. The number of aliphatic hydroxyl groups excluding tert-OH is 1. The topological polar surface area (TPSA) is 45.2 Å². The zero-order chi connectivity index (χ0) is 22.3. The molecule has 0 radical (unpaired) electrons. The first-order chi connectivity index (χ1) is 15.6. The largest absolute Gasteiger partial charge is 0.492 e. The lowest BCUT2D eigenvalue weighted by molar-refractivity contribution is 0.122. The van der Waals surface area contributed by atoms with Crippen molar-refractivity contribution >= 4 is 10.8 Å². The molecule has 5 nitrogen and oxygen atoms in total. The molecular formula is C27H34N2O3. The predicted molar refractivity (Wildman–Crippen MR) is 130 cm³/mol. The minimum absolute atomic E-state index is 0.283. The fraction of sp³-hybridized carbons (Fsp3) is 0.407. The molecule has 0 amide bonds. The van der Waals surface area contributed by atoms with Gasteiger partial charge in [-0.25, -0.2) is 0 Å². The van der Waals surface area contributed by atoms with E-state index in [9.17, 15) is 5.11 Å². The third-order valence-electron chi connectivity index (χ3n) is 6.05. The van der Waals surface area contributed by atoms with Crippen LogP contribution in [0.3, 0.4) is 0 Å². The highest BCUT2D eigenvalue weighted by atomic mass is 16.5. The van der Waals surface area contributed by atoms with E-state index < -0.39 is 6.10 Å². The van der Waals surface area contributed by atoms with Crippen molar-refractivity contribution in [2.45, 2.75) is 19.4 Å². The van der Waals surface area contributed by atoms with Crippen LogP contribution < -0.4 is 9.47 Å². The number of likely N-dealkylation sites (N-methyl/N-ethyl adjacent to an activating group) is 1.